The van der Waals surface area contributed by atoms with Gasteiger partial charge in [-0.1, -0.05) is 32.8 Å². The molecule has 0 aliphatic rings. The molecular weight excluding hydrogens is 448 g/mol. The van der Waals surface area contributed by atoms with Gasteiger partial charge in [-0.15, -0.1) is 0 Å². The smallest absolute Gasteiger partial charge is 0.201 e. The number of benzene rings is 2. The summed E-state index contributed by atoms with van der Waals surface area (Å²) in [5.74, 6) is -1.70. The summed E-state index contributed by atoms with van der Waals surface area (Å²) in [7, 11) is 3.53. The average molecular weight is 510 g/mol. The molecule has 0 amide bonds. The zero-order valence-electron chi connectivity index (χ0n) is 37.7. The van der Waals surface area contributed by atoms with E-state index < -0.39 is 39.7 Å². The monoisotopic (exact) mass is 509 g/mol. The molecule has 0 fully saturated rings. The molecule has 0 N–H and O–H groups in total. The minimum absolute atomic E-state index is 0.139. The van der Waals surface area contributed by atoms with Crippen molar-refractivity contribution in [3.63, 3.8) is 0 Å². The Morgan fingerprint density at radius 3 is 1.78 bits per heavy atom. The second-order valence-electron chi connectivity index (χ2n) is 9.54. The summed E-state index contributed by atoms with van der Waals surface area (Å²) in [5.41, 5.74) is 7.18. The molecule has 0 bridgehead atoms. The van der Waals surface area contributed by atoms with Crippen molar-refractivity contribution in [3.8, 4) is 22.5 Å². The van der Waals surface area contributed by atoms with Crippen LogP contribution in [0, 0.1) is 41.4 Å². The molecule has 0 saturated heterocycles. The fourth-order valence-electron chi connectivity index (χ4n) is 4.50. The summed E-state index contributed by atoms with van der Waals surface area (Å²) in [5, 5.41) is 0. The van der Waals surface area contributed by atoms with E-state index in [1.165, 1.54) is 6.92 Å². The van der Waals surface area contributed by atoms with Gasteiger partial charge in [0.25, 0.3) is 0 Å². The first-order valence-electron chi connectivity index (χ1n) is 19.6. The van der Waals surface area contributed by atoms with Crippen molar-refractivity contribution in [2.75, 3.05) is 0 Å². The molecule has 2 aromatic heterocycles. The first-order chi connectivity index (χ1) is 23.3. The third kappa shape index (κ3) is 6.55. The Morgan fingerprint density at radius 2 is 1.30 bits per heavy atom. The molecular formula is C35H46N2+2. The van der Waals surface area contributed by atoms with E-state index in [0.29, 0.717) is 11.1 Å². The van der Waals surface area contributed by atoms with Crippen LogP contribution < -0.4 is 9.13 Å². The maximum absolute atomic E-state index is 8.34. The molecule has 194 valence electrons. The van der Waals surface area contributed by atoms with Gasteiger partial charge in [-0.05, 0) is 111 Å². The maximum Gasteiger partial charge on any atom is 0.212 e. The molecule has 0 spiro atoms. The molecule has 4 aromatic rings. The zero-order valence-corrected chi connectivity index (χ0v) is 22.7. The first-order valence-corrected chi connectivity index (χ1v) is 12.1. The molecule has 1 atom stereocenters. The van der Waals surface area contributed by atoms with Crippen LogP contribution >= 0.6 is 0 Å². The summed E-state index contributed by atoms with van der Waals surface area (Å²) < 4.78 is 118. The van der Waals surface area contributed by atoms with Crippen molar-refractivity contribution in [3.05, 3.63) is 105 Å². The summed E-state index contributed by atoms with van der Waals surface area (Å²) in [6, 6.07) is 13.5. The lowest BCUT2D eigenvalue weighted by atomic mass is 9.92. The Balaban J connectivity index is 0.000000280. The molecule has 2 heteroatoms. The van der Waals surface area contributed by atoms with Crippen molar-refractivity contribution in [1.29, 1.82) is 0 Å². The van der Waals surface area contributed by atoms with Crippen LogP contribution in [0.15, 0.2) is 60.9 Å². The Labute approximate surface area is 246 Å². The van der Waals surface area contributed by atoms with Gasteiger partial charge in [0.1, 0.15) is 14.1 Å². The SMILES string of the molecule is [2H]C([2H])([2H])c1ccc(-c2cc(C)c(C([2H])(C)C([2H])([2H])[2H])cc2C)[n+](C)c1.[2H]C([2H])([2H])c1ccc(-c2cc(C)c(C([2H])([2H])C([2H])([2H])[2H])cc2C)[n+](C)c1. The Bertz CT molecular complexity index is 1810. The molecule has 37 heavy (non-hydrogen) atoms. The topological polar surface area (TPSA) is 7.76 Å². The number of aryl methyl sites for hydroxylation is 9. The number of rotatable bonds is 4. The number of aromatic nitrogens is 2. The minimum Gasteiger partial charge on any atom is -0.201 e. The molecule has 1 unspecified atom stereocenters. The number of pyridine rings is 2. The fraction of sp³-hybridized carbons (Fsp3) is 0.371. The number of nitrogens with zero attached hydrogens (tertiary/aromatic N) is 2. The van der Waals surface area contributed by atoms with E-state index in [9.17, 15) is 0 Å². The third-order valence-corrected chi connectivity index (χ3v) is 6.50. The van der Waals surface area contributed by atoms with E-state index in [1.807, 2.05) is 13.0 Å². The summed E-state index contributed by atoms with van der Waals surface area (Å²) >= 11 is 0. The highest BCUT2D eigenvalue weighted by Crippen LogP contribution is 2.28. The normalized spacial score (nSPS) is 20.2. The van der Waals surface area contributed by atoms with E-state index >= 15 is 0 Å². The molecule has 0 radical (unpaired) electrons. The van der Waals surface area contributed by atoms with Crippen molar-refractivity contribution < 1.29 is 29.7 Å². The second kappa shape index (κ2) is 11.9. The van der Waals surface area contributed by atoms with E-state index in [2.05, 4.69) is 0 Å². The largest absolute Gasteiger partial charge is 0.212 e. The van der Waals surface area contributed by atoms with E-state index in [1.54, 1.807) is 98.9 Å². The fourth-order valence-corrected chi connectivity index (χ4v) is 4.50. The standard InChI is InChI=1S/C18H24N.C17H22N/c1-12(2)16-9-15(5)17(10-14(16)4)18-8-7-13(3)11-19(18)6;1-6-15-9-14(4)16(10-13(15)3)17-8-7-12(2)11-18(17)5/h7-12H,1-6H3;7-11H,6H2,1-5H3/q2*+1/i1D3,3D3,12D;1D3,2D3,6D2. The molecule has 2 aromatic carbocycles. The van der Waals surface area contributed by atoms with Crippen LogP contribution in [-0.4, -0.2) is 0 Å². The minimum atomic E-state index is -2.77. The Kier molecular flexibility index (Phi) is 4.50. The highest BCUT2D eigenvalue weighted by molar-refractivity contribution is 5.64. The molecule has 4 rings (SSSR count). The molecule has 0 saturated carbocycles. The van der Waals surface area contributed by atoms with Gasteiger partial charge in [-0.3, -0.25) is 0 Å². The maximum atomic E-state index is 8.34. The predicted octanol–water partition coefficient (Wildman–Crippen LogP) is 7.89. The zero-order chi connectivity index (χ0) is 40.2. The van der Waals surface area contributed by atoms with E-state index in [0.717, 1.165) is 39.2 Å². The Hall–Kier alpha value is -3.26. The van der Waals surface area contributed by atoms with Gasteiger partial charge in [-0.2, -0.15) is 0 Å². The van der Waals surface area contributed by atoms with E-state index in [4.69, 9.17) is 20.6 Å². The predicted molar refractivity (Wildman–Crippen MR) is 158 cm³/mol. The van der Waals surface area contributed by atoms with Crippen molar-refractivity contribution >= 4 is 0 Å². The van der Waals surface area contributed by atoms with Gasteiger partial charge in [0.05, 0.1) is 0 Å². The van der Waals surface area contributed by atoms with Crippen LogP contribution in [0.4, 0.5) is 0 Å². The summed E-state index contributed by atoms with van der Waals surface area (Å²) in [6.07, 6.45) is 0.683. The molecule has 2 nitrogen and oxygen atoms in total. The van der Waals surface area contributed by atoms with Crippen LogP contribution in [0.2, 0.25) is 0 Å². The lowest BCUT2D eigenvalue weighted by molar-refractivity contribution is -0.660. The first kappa shape index (κ1) is 14.0. The van der Waals surface area contributed by atoms with Gasteiger partial charge in [0.2, 0.25) is 11.4 Å². The molecule has 0 aliphatic heterocycles. The van der Waals surface area contributed by atoms with Crippen molar-refractivity contribution in [2.45, 2.75) is 74.3 Å². The summed E-state index contributed by atoms with van der Waals surface area (Å²) in [4.78, 5) is 0. The molecule has 0 aliphatic carbocycles. The summed E-state index contributed by atoms with van der Waals surface area (Å²) in [6.45, 7) is -1.02. The highest BCUT2D eigenvalue weighted by Gasteiger charge is 2.16. The van der Waals surface area contributed by atoms with Gasteiger partial charge >= 0.3 is 0 Å². The van der Waals surface area contributed by atoms with Crippen molar-refractivity contribution in [2.24, 2.45) is 14.1 Å². The average Bonchev–Trinajstić information content (AvgIpc) is 2.97. The third-order valence-electron chi connectivity index (χ3n) is 6.50. The van der Waals surface area contributed by atoms with Crippen LogP contribution in [0.5, 0.6) is 0 Å². The van der Waals surface area contributed by atoms with Gasteiger partial charge < -0.3 is 0 Å². The van der Waals surface area contributed by atoms with Crippen LogP contribution in [0.25, 0.3) is 22.5 Å². The Morgan fingerprint density at radius 1 is 0.757 bits per heavy atom. The lowest BCUT2D eigenvalue weighted by Crippen LogP contribution is -2.31. The molecule has 2 heterocycles. The van der Waals surface area contributed by atoms with Crippen LogP contribution in [-0.2, 0) is 20.5 Å². The van der Waals surface area contributed by atoms with Crippen LogP contribution in [0.1, 0.15) is 91.6 Å². The quantitative estimate of drug-likeness (QED) is 0.247. The number of hydrogen-bond acceptors (Lipinski definition) is 0. The van der Waals surface area contributed by atoms with Crippen LogP contribution in [0.3, 0.4) is 0 Å². The van der Waals surface area contributed by atoms with E-state index in [-0.39, 0.29) is 16.7 Å². The van der Waals surface area contributed by atoms with Crippen molar-refractivity contribution in [1.82, 2.24) is 0 Å². The van der Waals surface area contributed by atoms with Gasteiger partial charge in [0, 0.05) is 54.9 Å². The highest BCUT2D eigenvalue weighted by atomic mass is 14.9. The second-order valence-corrected chi connectivity index (χ2v) is 9.54. The number of hydrogen-bond donors (Lipinski definition) is 0. The van der Waals surface area contributed by atoms with Gasteiger partial charge in [-0.25, -0.2) is 9.13 Å². The lowest BCUT2D eigenvalue weighted by Gasteiger charge is -2.14. The van der Waals surface area contributed by atoms with Gasteiger partial charge in [0.15, 0.2) is 12.4 Å².